The molecule has 0 unspecified atom stereocenters. The molecule has 0 aliphatic rings. The Morgan fingerprint density at radius 1 is 1.14 bits per heavy atom. The molecule has 0 aromatic heterocycles. The fraction of sp³-hybridized carbons (Fsp3) is 0.556. The Balaban J connectivity index is 2.46. The van der Waals surface area contributed by atoms with Crippen LogP contribution < -0.4 is 0 Å². The van der Waals surface area contributed by atoms with E-state index >= 15 is 0 Å². The Labute approximate surface area is 128 Å². The molecule has 116 valence electrons. The Bertz CT molecular complexity index is 455. The van der Waals surface area contributed by atoms with Crippen LogP contribution in [0.3, 0.4) is 0 Å². The molecule has 0 aliphatic heterocycles. The maximum absolute atomic E-state index is 11.9. The number of ether oxygens (including phenoxy) is 1. The molecular weight excluding hydrogens is 262 g/mol. The fourth-order valence-corrected chi connectivity index (χ4v) is 1.84. The lowest BCUT2D eigenvalue weighted by Gasteiger charge is -2.19. The van der Waals surface area contributed by atoms with Gasteiger partial charge in [-0.3, -0.25) is 4.99 Å². The van der Waals surface area contributed by atoms with Gasteiger partial charge in [0.15, 0.2) is 0 Å². The number of carbonyl (C=O) groups is 1. The minimum atomic E-state index is -0.463. The third-order valence-corrected chi connectivity index (χ3v) is 2.93. The van der Waals surface area contributed by atoms with Crippen LogP contribution in [-0.2, 0) is 4.74 Å². The minimum absolute atomic E-state index is 0.287. The standard InChI is InChI=1S/C18H27NO2/c1-5-6-7-8-13-19-14-15-9-11-16(12-10-15)17(20)21-18(2,3)4/h9-12,14H,5-8,13H2,1-4H3. The van der Waals surface area contributed by atoms with Gasteiger partial charge in [0.2, 0.25) is 0 Å². The Morgan fingerprint density at radius 3 is 2.38 bits per heavy atom. The van der Waals surface area contributed by atoms with Crippen molar-refractivity contribution in [1.29, 1.82) is 0 Å². The summed E-state index contributed by atoms with van der Waals surface area (Å²) in [6, 6.07) is 7.36. The third kappa shape index (κ3) is 7.64. The van der Waals surface area contributed by atoms with E-state index in [4.69, 9.17) is 4.74 Å². The molecule has 0 heterocycles. The fourth-order valence-electron chi connectivity index (χ4n) is 1.84. The smallest absolute Gasteiger partial charge is 0.338 e. The van der Waals surface area contributed by atoms with Crippen molar-refractivity contribution in [2.24, 2.45) is 4.99 Å². The lowest BCUT2D eigenvalue weighted by atomic mass is 10.1. The van der Waals surface area contributed by atoms with Gasteiger partial charge in [0.1, 0.15) is 5.60 Å². The first-order chi connectivity index (χ1) is 9.92. The van der Waals surface area contributed by atoms with E-state index in [1.807, 2.05) is 39.1 Å². The molecule has 1 rings (SSSR count). The predicted octanol–water partition coefficient (Wildman–Crippen LogP) is 4.64. The molecule has 0 amide bonds. The molecule has 0 aliphatic carbocycles. The van der Waals surface area contributed by atoms with Crippen LogP contribution in [0.25, 0.3) is 0 Å². The second-order valence-corrected chi connectivity index (χ2v) is 6.22. The highest BCUT2D eigenvalue weighted by atomic mass is 16.6. The van der Waals surface area contributed by atoms with Crippen LogP contribution in [0.2, 0.25) is 0 Å². The van der Waals surface area contributed by atoms with Gasteiger partial charge in [0.25, 0.3) is 0 Å². The van der Waals surface area contributed by atoms with Crippen LogP contribution in [-0.4, -0.2) is 24.3 Å². The van der Waals surface area contributed by atoms with Crippen LogP contribution in [0.1, 0.15) is 69.3 Å². The number of esters is 1. The van der Waals surface area contributed by atoms with Crippen molar-refractivity contribution < 1.29 is 9.53 Å². The molecule has 0 radical (unpaired) electrons. The summed E-state index contributed by atoms with van der Waals surface area (Å²) in [5.41, 5.74) is 1.12. The van der Waals surface area contributed by atoms with Gasteiger partial charge in [-0.05, 0) is 44.9 Å². The summed E-state index contributed by atoms with van der Waals surface area (Å²) in [7, 11) is 0. The van der Waals surface area contributed by atoms with E-state index in [9.17, 15) is 4.79 Å². The second-order valence-electron chi connectivity index (χ2n) is 6.22. The van der Waals surface area contributed by atoms with Crippen molar-refractivity contribution in [2.45, 2.75) is 59.0 Å². The summed E-state index contributed by atoms with van der Waals surface area (Å²) in [6.45, 7) is 8.67. The van der Waals surface area contributed by atoms with E-state index in [-0.39, 0.29) is 5.97 Å². The molecule has 0 saturated carbocycles. The molecule has 0 fully saturated rings. The van der Waals surface area contributed by atoms with Crippen LogP contribution >= 0.6 is 0 Å². The van der Waals surface area contributed by atoms with E-state index in [1.54, 1.807) is 12.1 Å². The maximum Gasteiger partial charge on any atom is 0.338 e. The molecule has 0 bridgehead atoms. The van der Waals surface area contributed by atoms with Gasteiger partial charge in [0.05, 0.1) is 5.56 Å². The van der Waals surface area contributed by atoms with Gasteiger partial charge in [-0.1, -0.05) is 38.3 Å². The van der Waals surface area contributed by atoms with E-state index in [0.29, 0.717) is 5.56 Å². The topological polar surface area (TPSA) is 38.7 Å². The van der Waals surface area contributed by atoms with Gasteiger partial charge in [0, 0.05) is 12.8 Å². The molecule has 3 nitrogen and oxygen atoms in total. The van der Waals surface area contributed by atoms with Gasteiger partial charge in [-0.15, -0.1) is 0 Å². The normalized spacial score (nSPS) is 11.8. The first-order valence-corrected chi connectivity index (χ1v) is 7.75. The zero-order valence-electron chi connectivity index (χ0n) is 13.7. The van der Waals surface area contributed by atoms with Crippen LogP contribution in [0.15, 0.2) is 29.3 Å². The first kappa shape index (κ1) is 17.4. The number of hydrogen-bond donors (Lipinski definition) is 0. The van der Waals surface area contributed by atoms with Crippen LogP contribution in [0, 0.1) is 0 Å². The molecule has 0 atom stereocenters. The average molecular weight is 289 g/mol. The molecule has 0 spiro atoms. The number of hydrogen-bond acceptors (Lipinski definition) is 3. The van der Waals surface area contributed by atoms with Gasteiger partial charge in [-0.25, -0.2) is 4.79 Å². The van der Waals surface area contributed by atoms with Gasteiger partial charge >= 0.3 is 5.97 Å². The van der Waals surface area contributed by atoms with E-state index in [1.165, 1.54) is 19.3 Å². The molecule has 0 saturated heterocycles. The van der Waals surface area contributed by atoms with Crippen molar-refractivity contribution in [1.82, 2.24) is 0 Å². The second kappa shape index (κ2) is 8.60. The van der Waals surface area contributed by atoms with Crippen LogP contribution in [0.5, 0.6) is 0 Å². The third-order valence-electron chi connectivity index (χ3n) is 2.93. The molecule has 3 heteroatoms. The van der Waals surface area contributed by atoms with Gasteiger partial charge < -0.3 is 4.74 Å². The van der Waals surface area contributed by atoms with Crippen molar-refractivity contribution >= 4 is 12.2 Å². The molecule has 0 N–H and O–H groups in total. The predicted molar refractivity (Wildman–Crippen MR) is 88.2 cm³/mol. The lowest BCUT2D eigenvalue weighted by molar-refractivity contribution is 0.00695. The van der Waals surface area contributed by atoms with Crippen molar-refractivity contribution in [3.05, 3.63) is 35.4 Å². The zero-order valence-corrected chi connectivity index (χ0v) is 13.7. The number of rotatable bonds is 7. The number of aliphatic imine (C=N–C) groups is 1. The van der Waals surface area contributed by atoms with Crippen molar-refractivity contribution in [3.63, 3.8) is 0 Å². The van der Waals surface area contributed by atoms with E-state index in [2.05, 4.69) is 11.9 Å². The van der Waals surface area contributed by atoms with Crippen molar-refractivity contribution in [2.75, 3.05) is 6.54 Å². The number of benzene rings is 1. The number of unbranched alkanes of at least 4 members (excludes halogenated alkanes) is 3. The maximum atomic E-state index is 11.9. The summed E-state index contributed by atoms with van der Waals surface area (Å²) in [5.74, 6) is -0.287. The first-order valence-electron chi connectivity index (χ1n) is 7.75. The largest absolute Gasteiger partial charge is 0.456 e. The lowest BCUT2D eigenvalue weighted by Crippen LogP contribution is -2.23. The highest BCUT2D eigenvalue weighted by molar-refractivity contribution is 5.91. The number of carbonyl (C=O) groups excluding carboxylic acids is 1. The average Bonchev–Trinajstić information content (AvgIpc) is 2.41. The molecule has 1 aromatic carbocycles. The van der Waals surface area contributed by atoms with Gasteiger partial charge in [-0.2, -0.15) is 0 Å². The van der Waals surface area contributed by atoms with E-state index < -0.39 is 5.60 Å². The molecule has 1 aromatic rings. The molecule has 21 heavy (non-hydrogen) atoms. The number of nitrogens with zero attached hydrogens (tertiary/aromatic N) is 1. The minimum Gasteiger partial charge on any atom is -0.456 e. The van der Waals surface area contributed by atoms with Crippen molar-refractivity contribution in [3.8, 4) is 0 Å². The Kier molecular flexibility index (Phi) is 7.13. The summed E-state index contributed by atoms with van der Waals surface area (Å²) in [5, 5.41) is 0. The SMILES string of the molecule is CCCCCCN=Cc1ccc(C(=O)OC(C)(C)C)cc1. The monoisotopic (exact) mass is 289 g/mol. The highest BCUT2D eigenvalue weighted by Crippen LogP contribution is 2.12. The molecular formula is C18H27NO2. The Hall–Kier alpha value is -1.64. The highest BCUT2D eigenvalue weighted by Gasteiger charge is 2.17. The summed E-state index contributed by atoms with van der Waals surface area (Å²) in [6.07, 6.45) is 6.77. The van der Waals surface area contributed by atoms with Crippen LogP contribution in [0.4, 0.5) is 0 Å². The summed E-state index contributed by atoms with van der Waals surface area (Å²) >= 11 is 0. The summed E-state index contributed by atoms with van der Waals surface area (Å²) in [4.78, 5) is 16.3. The quantitative estimate of drug-likeness (QED) is 0.416. The Morgan fingerprint density at radius 2 is 1.81 bits per heavy atom. The zero-order chi connectivity index (χ0) is 15.7. The van der Waals surface area contributed by atoms with E-state index in [0.717, 1.165) is 18.5 Å². The summed E-state index contributed by atoms with van der Waals surface area (Å²) < 4.78 is 5.33.